The largest absolute Gasteiger partial charge is 0.357 e. The van der Waals surface area contributed by atoms with Crippen LogP contribution in [0, 0.1) is 0 Å². The van der Waals surface area contributed by atoms with Crippen LogP contribution in [0.15, 0.2) is 12.3 Å². The highest BCUT2D eigenvalue weighted by Crippen LogP contribution is 2.22. The lowest BCUT2D eigenvalue weighted by molar-refractivity contribution is -0.0410. The Morgan fingerprint density at radius 2 is 2.54 bits per heavy atom. The van der Waals surface area contributed by atoms with Gasteiger partial charge in [0.2, 0.25) is 0 Å². The van der Waals surface area contributed by atoms with Crippen LogP contribution in [-0.2, 0) is 11.3 Å². The van der Waals surface area contributed by atoms with Gasteiger partial charge in [-0.3, -0.25) is 0 Å². The molecule has 1 aromatic rings. The summed E-state index contributed by atoms with van der Waals surface area (Å²) in [5.41, 5.74) is 6.63. The van der Waals surface area contributed by atoms with Crippen molar-refractivity contribution in [1.82, 2.24) is 9.78 Å². The molecule has 2 N–H and O–H groups in total. The lowest BCUT2D eigenvalue weighted by Gasteiger charge is -2.24. The van der Waals surface area contributed by atoms with Crippen molar-refractivity contribution in [2.75, 3.05) is 6.61 Å². The second kappa shape index (κ2) is 3.89. The minimum atomic E-state index is 0.113. The van der Waals surface area contributed by atoms with Crippen molar-refractivity contribution < 1.29 is 4.74 Å². The lowest BCUT2D eigenvalue weighted by atomic mass is 10.2. The smallest absolute Gasteiger partial charge is 0.150 e. The van der Waals surface area contributed by atoms with Gasteiger partial charge in [0.05, 0.1) is 5.69 Å². The number of nitrogens with zero attached hydrogens (tertiary/aromatic N) is 2. The van der Waals surface area contributed by atoms with Gasteiger partial charge in [0.1, 0.15) is 0 Å². The Kier molecular flexibility index (Phi) is 2.61. The zero-order valence-corrected chi connectivity index (χ0v) is 7.65. The van der Waals surface area contributed by atoms with Crippen LogP contribution in [0.2, 0.25) is 0 Å². The first kappa shape index (κ1) is 8.72. The van der Waals surface area contributed by atoms with E-state index in [1.165, 1.54) is 6.42 Å². The van der Waals surface area contributed by atoms with E-state index >= 15 is 0 Å². The average Bonchev–Trinajstić information content (AvgIpc) is 2.67. The highest BCUT2D eigenvalue weighted by molar-refractivity contribution is 5.00. The molecule has 2 heterocycles. The predicted octanol–water partition coefficient (Wildman–Crippen LogP) is 1.04. The third-order valence-electron chi connectivity index (χ3n) is 2.39. The van der Waals surface area contributed by atoms with Crippen molar-refractivity contribution in [3.05, 3.63) is 18.0 Å². The third-order valence-corrected chi connectivity index (χ3v) is 2.39. The van der Waals surface area contributed by atoms with Crippen LogP contribution in [0.3, 0.4) is 0 Å². The number of rotatable bonds is 2. The number of nitrogens with two attached hydrogens (primary N) is 1. The number of aromatic nitrogens is 2. The van der Waals surface area contributed by atoms with Gasteiger partial charge in [-0.05, 0) is 25.3 Å². The molecule has 0 radical (unpaired) electrons. The van der Waals surface area contributed by atoms with E-state index < -0.39 is 0 Å². The van der Waals surface area contributed by atoms with Gasteiger partial charge in [0, 0.05) is 19.3 Å². The van der Waals surface area contributed by atoms with Crippen molar-refractivity contribution in [2.24, 2.45) is 5.73 Å². The van der Waals surface area contributed by atoms with Gasteiger partial charge >= 0.3 is 0 Å². The topological polar surface area (TPSA) is 53.1 Å². The fraction of sp³-hybridized carbons (Fsp3) is 0.667. The standard InChI is InChI=1S/C9H15N3O/c10-7-8-4-5-11-12(8)9-3-1-2-6-13-9/h4-5,9H,1-3,6-7,10H2/t9-/m1/s1. The summed E-state index contributed by atoms with van der Waals surface area (Å²) in [7, 11) is 0. The Balaban J connectivity index is 2.13. The zero-order valence-electron chi connectivity index (χ0n) is 7.65. The fourth-order valence-corrected chi connectivity index (χ4v) is 1.68. The molecule has 0 aromatic carbocycles. The summed E-state index contributed by atoms with van der Waals surface area (Å²) in [6.07, 6.45) is 5.32. The number of hydrogen-bond donors (Lipinski definition) is 1. The van der Waals surface area contributed by atoms with Gasteiger partial charge < -0.3 is 10.5 Å². The van der Waals surface area contributed by atoms with E-state index in [2.05, 4.69) is 5.10 Å². The first-order valence-corrected chi connectivity index (χ1v) is 4.76. The molecule has 0 amide bonds. The molecule has 1 aliphatic heterocycles. The maximum Gasteiger partial charge on any atom is 0.150 e. The molecule has 0 aliphatic carbocycles. The molecular formula is C9H15N3O. The van der Waals surface area contributed by atoms with Crippen molar-refractivity contribution >= 4 is 0 Å². The summed E-state index contributed by atoms with van der Waals surface area (Å²) in [6, 6.07) is 1.94. The summed E-state index contributed by atoms with van der Waals surface area (Å²) < 4.78 is 7.51. The van der Waals surface area contributed by atoms with Gasteiger partial charge in [-0.2, -0.15) is 5.10 Å². The normalized spacial score (nSPS) is 23.3. The quantitative estimate of drug-likeness (QED) is 0.741. The molecule has 0 unspecified atom stereocenters. The molecule has 4 heteroatoms. The molecular weight excluding hydrogens is 166 g/mol. The highest BCUT2D eigenvalue weighted by atomic mass is 16.5. The maximum absolute atomic E-state index is 5.61. The first-order valence-electron chi connectivity index (χ1n) is 4.76. The molecule has 1 atom stereocenters. The van der Waals surface area contributed by atoms with E-state index in [1.54, 1.807) is 6.20 Å². The summed E-state index contributed by atoms with van der Waals surface area (Å²) in [5.74, 6) is 0. The molecule has 1 saturated heterocycles. The third kappa shape index (κ3) is 1.73. The highest BCUT2D eigenvalue weighted by Gasteiger charge is 2.17. The predicted molar refractivity (Wildman–Crippen MR) is 49.0 cm³/mol. The van der Waals surface area contributed by atoms with Crippen molar-refractivity contribution in [1.29, 1.82) is 0 Å². The van der Waals surface area contributed by atoms with Gasteiger partial charge in [0.15, 0.2) is 6.23 Å². The van der Waals surface area contributed by atoms with Crippen molar-refractivity contribution in [3.63, 3.8) is 0 Å². The zero-order chi connectivity index (χ0) is 9.10. The summed E-state index contributed by atoms with van der Waals surface area (Å²) in [6.45, 7) is 1.37. The molecule has 0 bridgehead atoms. The molecule has 72 valence electrons. The lowest BCUT2D eigenvalue weighted by Crippen LogP contribution is -2.21. The van der Waals surface area contributed by atoms with Crippen LogP contribution in [0.4, 0.5) is 0 Å². The molecule has 2 rings (SSSR count). The second-order valence-corrected chi connectivity index (χ2v) is 3.29. The molecule has 13 heavy (non-hydrogen) atoms. The Hall–Kier alpha value is -0.870. The first-order chi connectivity index (χ1) is 6.42. The molecule has 1 fully saturated rings. The maximum atomic E-state index is 5.61. The SMILES string of the molecule is NCc1ccnn1[C@H]1CCCCO1. The van der Waals surface area contributed by atoms with Gasteiger partial charge in [-0.1, -0.05) is 0 Å². The Morgan fingerprint density at radius 3 is 3.23 bits per heavy atom. The van der Waals surface area contributed by atoms with E-state index in [0.29, 0.717) is 6.54 Å². The molecule has 0 saturated carbocycles. The van der Waals surface area contributed by atoms with E-state index in [9.17, 15) is 0 Å². The summed E-state index contributed by atoms with van der Waals surface area (Å²) >= 11 is 0. The Labute approximate surface area is 77.7 Å². The van der Waals surface area contributed by atoms with E-state index in [4.69, 9.17) is 10.5 Å². The van der Waals surface area contributed by atoms with Crippen LogP contribution in [0.5, 0.6) is 0 Å². The number of ether oxygens (including phenoxy) is 1. The second-order valence-electron chi connectivity index (χ2n) is 3.29. The van der Waals surface area contributed by atoms with E-state index in [0.717, 1.165) is 25.1 Å². The molecule has 1 aliphatic rings. The minimum Gasteiger partial charge on any atom is -0.357 e. The van der Waals surface area contributed by atoms with E-state index in [1.807, 2.05) is 10.7 Å². The van der Waals surface area contributed by atoms with Crippen LogP contribution >= 0.6 is 0 Å². The number of hydrogen-bond acceptors (Lipinski definition) is 3. The van der Waals surface area contributed by atoms with Crippen LogP contribution in [0.25, 0.3) is 0 Å². The van der Waals surface area contributed by atoms with Crippen LogP contribution in [0.1, 0.15) is 31.2 Å². The van der Waals surface area contributed by atoms with Gasteiger partial charge in [0.25, 0.3) is 0 Å². The van der Waals surface area contributed by atoms with Crippen LogP contribution < -0.4 is 5.73 Å². The molecule has 4 nitrogen and oxygen atoms in total. The van der Waals surface area contributed by atoms with Crippen molar-refractivity contribution in [2.45, 2.75) is 32.0 Å². The average molecular weight is 181 g/mol. The van der Waals surface area contributed by atoms with Crippen LogP contribution in [-0.4, -0.2) is 16.4 Å². The fourth-order valence-electron chi connectivity index (χ4n) is 1.68. The van der Waals surface area contributed by atoms with E-state index in [-0.39, 0.29) is 6.23 Å². The Morgan fingerprint density at radius 1 is 1.62 bits per heavy atom. The monoisotopic (exact) mass is 181 g/mol. The molecule has 1 aromatic heterocycles. The summed E-state index contributed by atoms with van der Waals surface area (Å²) in [4.78, 5) is 0. The minimum absolute atomic E-state index is 0.113. The summed E-state index contributed by atoms with van der Waals surface area (Å²) in [5, 5.41) is 4.22. The Bertz CT molecular complexity index is 266. The van der Waals surface area contributed by atoms with Gasteiger partial charge in [-0.25, -0.2) is 4.68 Å². The van der Waals surface area contributed by atoms with Gasteiger partial charge in [-0.15, -0.1) is 0 Å². The van der Waals surface area contributed by atoms with Crippen molar-refractivity contribution in [3.8, 4) is 0 Å². The molecule has 0 spiro atoms.